The average Bonchev–Trinajstić information content (AvgIpc) is 2.66. The van der Waals surface area contributed by atoms with Crippen LogP contribution in [0.15, 0.2) is 30.3 Å². The third kappa shape index (κ3) is 3.63. The predicted molar refractivity (Wildman–Crippen MR) is 81.6 cm³/mol. The first-order chi connectivity index (χ1) is 9.95. The molecule has 1 heterocycles. The van der Waals surface area contributed by atoms with Gasteiger partial charge in [0.2, 0.25) is 0 Å². The Bertz CT molecular complexity index is 472. The highest BCUT2D eigenvalue weighted by Gasteiger charge is 2.51. The zero-order chi connectivity index (χ0) is 15.5. The molecule has 4 heteroatoms. The van der Waals surface area contributed by atoms with Gasteiger partial charge in [0.25, 0.3) is 0 Å². The molecule has 2 rings (SSSR count). The number of rotatable bonds is 5. The van der Waals surface area contributed by atoms with E-state index in [1.165, 1.54) is 5.56 Å². The lowest BCUT2D eigenvalue weighted by Gasteiger charge is -2.25. The molecule has 1 saturated heterocycles. The number of carbonyl (C=O) groups excluding carboxylic acids is 1. The molecule has 21 heavy (non-hydrogen) atoms. The highest BCUT2D eigenvalue weighted by atomic mass is 16.7. The van der Waals surface area contributed by atoms with E-state index in [9.17, 15) is 4.79 Å². The van der Waals surface area contributed by atoms with Gasteiger partial charge in [-0.15, -0.1) is 0 Å². The molecule has 116 valence electrons. The Hall–Kier alpha value is -1.39. The van der Waals surface area contributed by atoms with Crippen molar-refractivity contribution < 1.29 is 14.4 Å². The Kier molecular flexibility index (Phi) is 5.01. The Labute approximate surface area is 127 Å². The van der Waals surface area contributed by atoms with Crippen molar-refractivity contribution in [3.05, 3.63) is 35.9 Å². The van der Waals surface area contributed by atoms with Gasteiger partial charge in [0.15, 0.2) is 0 Å². The largest absolute Gasteiger partial charge is 0.466 e. The van der Waals surface area contributed by atoms with Crippen molar-refractivity contribution >= 4 is 5.97 Å². The van der Waals surface area contributed by atoms with Crippen LogP contribution in [0.1, 0.15) is 32.8 Å². The third-order valence-corrected chi connectivity index (χ3v) is 4.09. The maximum absolute atomic E-state index is 12.3. The number of hydroxylamine groups is 2. The van der Waals surface area contributed by atoms with E-state index < -0.39 is 5.60 Å². The molecule has 1 fully saturated rings. The molecule has 0 N–H and O–H groups in total. The van der Waals surface area contributed by atoms with Crippen LogP contribution in [0.3, 0.4) is 0 Å². The standard InChI is InChI=1S/C17H25NO3/c1-5-20-16(19)15-14(18(4)21-17(15,2)3)12-11-13-9-7-6-8-10-13/h6-10,14-15H,5,11-12H2,1-4H3. The molecule has 0 amide bonds. The highest BCUT2D eigenvalue weighted by Crippen LogP contribution is 2.38. The van der Waals surface area contributed by atoms with Crippen molar-refractivity contribution in [2.24, 2.45) is 5.92 Å². The van der Waals surface area contributed by atoms with Crippen LogP contribution in [0, 0.1) is 5.92 Å². The first-order valence-corrected chi connectivity index (χ1v) is 7.58. The minimum absolute atomic E-state index is 0.0410. The van der Waals surface area contributed by atoms with Crippen LogP contribution in [0.4, 0.5) is 0 Å². The quantitative estimate of drug-likeness (QED) is 0.782. The molecular formula is C17H25NO3. The summed E-state index contributed by atoms with van der Waals surface area (Å²) < 4.78 is 5.25. The van der Waals surface area contributed by atoms with Gasteiger partial charge in [0, 0.05) is 7.05 Å². The van der Waals surface area contributed by atoms with Gasteiger partial charge in [-0.2, -0.15) is 5.06 Å². The van der Waals surface area contributed by atoms with E-state index in [1.807, 2.05) is 51.1 Å². The van der Waals surface area contributed by atoms with Crippen LogP contribution in [0.25, 0.3) is 0 Å². The fourth-order valence-corrected chi connectivity index (χ4v) is 3.15. The molecule has 1 aromatic carbocycles. The van der Waals surface area contributed by atoms with E-state index in [-0.39, 0.29) is 17.9 Å². The molecule has 0 aromatic heterocycles. The minimum atomic E-state index is -0.525. The summed E-state index contributed by atoms with van der Waals surface area (Å²) in [5.41, 5.74) is 0.751. The SMILES string of the molecule is CCOC(=O)C1C(CCc2ccccc2)N(C)OC1(C)C. The maximum atomic E-state index is 12.3. The molecule has 0 radical (unpaired) electrons. The van der Waals surface area contributed by atoms with Gasteiger partial charge >= 0.3 is 5.97 Å². The average molecular weight is 291 g/mol. The van der Waals surface area contributed by atoms with E-state index >= 15 is 0 Å². The van der Waals surface area contributed by atoms with E-state index in [0.717, 1.165) is 12.8 Å². The van der Waals surface area contributed by atoms with Crippen molar-refractivity contribution in [3.8, 4) is 0 Å². The smallest absolute Gasteiger partial charge is 0.313 e. The number of nitrogens with zero attached hydrogens (tertiary/aromatic N) is 1. The van der Waals surface area contributed by atoms with Crippen LogP contribution in [0.2, 0.25) is 0 Å². The minimum Gasteiger partial charge on any atom is -0.466 e. The molecule has 0 aliphatic carbocycles. The van der Waals surface area contributed by atoms with E-state index in [4.69, 9.17) is 9.57 Å². The normalized spacial score (nSPS) is 25.0. The molecule has 1 aliphatic rings. The van der Waals surface area contributed by atoms with Crippen molar-refractivity contribution in [1.82, 2.24) is 5.06 Å². The second-order valence-corrected chi connectivity index (χ2v) is 6.06. The summed E-state index contributed by atoms with van der Waals surface area (Å²) in [5, 5.41) is 1.82. The molecule has 0 bridgehead atoms. The summed E-state index contributed by atoms with van der Waals surface area (Å²) in [6.45, 7) is 6.14. The number of benzene rings is 1. The van der Waals surface area contributed by atoms with Crippen LogP contribution in [-0.4, -0.2) is 36.3 Å². The molecular weight excluding hydrogens is 266 g/mol. The number of ether oxygens (including phenoxy) is 1. The Morgan fingerprint density at radius 3 is 2.62 bits per heavy atom. The van der Waals surface area contributed by atoms with Crippen LogP contribution >= 0.6 is 0 Å². The summed E-state index contributed by atoms with van der Waals surface area (Å²) in [6, 6.07) is 10.4. The summed E-state index contributed by atoms with van der Waals surface area (Å²) in [5.74, 6) is -0.420. The van der Waals surface area contributed by atoms with Gasteiger partial charge in [0.1, 0.15) is 5.92 Å². The fraction of sp³-hybridized carbons (Fsp3) is 0.588. The lowest BCUT2D eigenvalue weighted by molar-refractivity contribution is -0.182. The lowest BCUT2D eigenvalue weighted by Crippen LogP contribution is -2.40. The number of esters is 1. The number of aryl methyl sites for hydroxylation is 1. The van der Waals surface area contributed by atoms with E-state index in [0.29, 0.717) is 6.61 Å². The van der Waals surface area contributed by atoms with Crippen molar-refractivity contribution in [2.75, 3.05) is 13.7 Å². The second-order valence-electron chi connectivity index (χ2n) is 6.06. The first-order valence-electron chi connectivity index (χ1n) is 7.58. The summed E-state index contributed by atoms with van der Waals surface area (Å²) in [7, 11) is 1.90. The molecule has 2 unspecified atom stereocenters. The lowest BCUT2D eigenvalue weighted by atomic mass is 9.83. The number of hydrogen-bond acceptors (Lipinski definition) is 4. The van der Waals surface area contributed by atoms with Gasteiger partial charge in [-0.1, -0.05) is 30.3 Å². The number of carbonyl (C=O) groups is 1. The zero-order valence-corrected chi connectivity index (χ0v) is 13.3. The van der Waals surface area contributed by atoms with Gasteiger partial charge < -0.3 is 4.74 Å². The Morgan fingerprint density at radius 2 is 2.00 bits per heavy atom. The van der Waals surface area contributed by atoms with Crippen molar-refractivity contribution in [3.63, 3.8) is 0 Å². The zero-order valence-electron chi connectivity index (χ0n) is 13.3. The highest BCUT2D eigenvalue weighted by molar-refractivity contribution is 5.75. The fourth-order valence-electron chi connectivity index (χ4n) is 3.15. The summed E-state index contributed by atoms with van der Waals surface area (Å²) in [4.78, 5) is 18.2. The second kappa shape index (κ2) is 6.58. The van der Waals surface area contributed by atoms with Crippen molar-refractivity contribution in [1.29, 1.82) is 0 Å². The molecule has 2 atom stereocenters. The van der Waals surface area contributed by atoms with Crippen molar-refractivity contribution in [2.45, 2.75) is 45.3 Å². The summed E-state index contributed by atoms with van der Waals surface area (Å²) in [6.07, 6.45) is 1.79. The van der Waals surface area contributed by atoms with Crippen LogP contribution in [0.5, 0.6) is 0 Å². The molecule has 1 aromatic rings. The van der Waals surface area contributed by atoms with E-state index in [1.54, 1.807) is 0 Å². The Morgan fingerprint density at radius 1 is 1.33 bits per heavy atom. The molecule has 0 spiro atoms. The van der Waals surface area contributed by atoms with Crippen LogP contribution < -0.4 is 0 Å². The van der Waals surface area contributed by atoms with Crippen LogP contribution in [-0.2, 0) is 20.8 Å². The molecule has 1 aliphatic heterocycles. The molecule has 0 saturated carbocycles. The Balaban J connectivity index is 2.09. The van der Waals surface area contributed by atoms with Gasteiger partial charge in [-0.3, -0.25) is 9.63 Å². The maximum Gasteiger partial charge on any atom is 0.313 e. The first kappa shape index (κ1) is 16.0. The van der Waals surface area contributed by atoms with Gasteiger partial charge in [-0.05, 0) is 39.2 Å². The van der Waals surface area contributed by atoms with E-state index in [2.05, 4.69) is 12.1 Å². The number of hydrogen-bond donors (Lipinski definition) is 0. The summed E-state index contributed by atoms with van der Waals surface area (Å²) >= 11 is 0. The topological polar surface area (TPSA) is 38.8 Å². The van der Waals surface area contributed by atoms with Gasteiger partial charge in [-0.25, -0.2) is 0 Å². The monoisotopic (exact) mass is 291 g/mol. The van der Waals surface area contributed by atoms with Gasteiger partial charge in [0.05, 0.1) is 18.2 Å². The molecule has 4 nitrogen and oxygen atoms in total. The predicted octanol–water partition coefficient (Wildman–Crippen LogP) is 2.82. The third-order valence-electron chi connectivity index (χ3n) is 4.09.